The Labute approximate surface area is 165 Å². The number of amides is 1. The molecule has 1 aliphatic heterocycles. The smallest absolute Gasteiger partial charge is 0.410 e. The number of hydrogen-bond acceptors (Lipinski definition) is 5. The van der Waals surface area contributed by atoms with Crippen molar-refractivity contribution in [3.05, 3.63) is 53.7 Å². The van der Waals surface area contributed by atoms with E-state index in [-0.39, 0.29) is 11.8 Å². The van der Waals surface area contributed by atoms with Gasteiger partial charge in [0.15, 0.2) is 0 Å². The minimum Gasteiger partial charge on any atom is -0.508 e. The lowest BCUT2D eigenvalue weighted by molar-refractivity contribution is 0.0237. The zero-order chi connectivity index (χ0) is 20.1. The number of piperidine rings is 1. The summed E-state index contributed by atoms with van der Waals surface area (Å²) >= 11 is 0. The van der Waals surface area contributed by atoms with Gasteiger partial charge in [-0.2, -0.15) is 0 Å². The summed E-state index contributed by atoms with van der Waals surface area (Å²) in [6, 6.07) is 10.7. The lowest BCUT2D eigenvalue weighted by atomic mass is 10.0. The van der Waals surface area contributed by atoms with Gasteiger partial charge in [-0.3, -0.25) is 0 Å². The van der Waals surface area contributed by atoms with E-state index in [9.17, 15) is 9.90 Å². The molecule has 1 fully saturated rings. The molecule has 0 saturated carbocycles. The SMILES string of the molecule is CC(C)(C)OC(=O)N1CCC(=Cc2cccc(Oc3cc(O)ccn3)c2)CC1. The number of carbonyl (C=O) groups is 1. The summed E-state index contributed by atoms with van der Waals surface area (Å²) in [4.78, 5) is 18.0. The van der Waals surface area contributed by atoms with Gasteiger partial charge in [0, 0.05) is 25.4 Å². The molecule has 0 radical (unpaired) electrons. The third-order valence-corrected chi connectivity index (χ3v) is 4.23. The molecule has 1 aromatic heterocycles. The highest BCUT2D eigenvalue weighted by Gasteiger charge is 2.24. The number of nitrogens with zero attached hydrogens (tertiary/aromatic N) is 2. The molecule has 148 valence electrons. The monoisotopic (exact) mass is 382 g/mol. The van der Waals surface area contributed by atoms with Crippen molar-refractivity contribution >= 4 is 12.2 Å². The van der Waals surface area contributed by atoms with Gasteiger partial charge in [0.25, 0.3) is 0 Å². The lowest BCUT2D eigenvalue weighted by Gasteiger charge is -2.31. The van der Waals surface area contributed by atoms with Crippen LogP contribution in [0.25, 0.3) is 6.08 Å². The van der Waals surface area contributed by atoms with Gasteiger partial charge in [-0.1, -0.05) is 23.8 Å². The predicted octanol–water partition coefficient (Wildman–Crippen LogP) is 4.99. The fourth-order valence-corrected chi connectivity index (χ4v) is 2.93. The van der Waals surface area contributed by atoms with Crippen molar-refractivity contribution in [1.82, 2.24) is 9.88 Å². The average Bonchev–Trinajstić information content (AvgIpc) is 2.61. The van der Waals surface area contributed by atoms with E-state index in [1.165, 1.54) is 23.9 Å². The van der Waals surface area contributed by atoms with Crippen molar-refractivity contribution < 1.29 is 19.4 Å². The minimum atomic E-state index is -0.474. The molecule has 6 heteroatoms. The van der Waals surface area contributed by atoms with Crippen LogP contribution in [0.2, 0.25) is 0 Å². The van der Waals surface area contributed by atoms with E-state index in [0.717, 1.165) is 18.4 Å². The number of aromatic hydroxyl groups is 1. The van der Waals surface area contributed by atoms with E-state index in [4.69, 9.17) is 9.47 Å². The van der Waals surface area contributed by atoms with Crippen molar-refractivity contribution in [3.63, 3.8) is 0 Å². The summed E-state index contributed by atoms with van der Waals surface area (Å²) in [7, 11) is 0. The van der Waals surface area contributed by atoms with Crippen LogP contribution in [0.4, 0.5) is 4.79 Å². The Hall–Kier alpha value is -3.02. The van der Waals surface area contributed by atoms with Crippen LogP contribution in [0.1, 0.15) is 39.2 Å². The fraction of sp³-hybridized carbons (Fsp3) is 0.364. The van der Waals surface area contributed by atoms with Gasteiger partial charge in [0.1, 0.15) is 17.1 Å². The molecule has 1 aromatic carbocycles. The molecular formula is C22H26N2O4. The standard InChI is InChI=1S/C22H26N2O4/c1-22(2,3)28-21(26)24-11-8-16(9-12-24)13-17-5-4-6-19(14-17)27-20-15-18(25)7-10-23-20/h4-7,10,13-15H,8-9,11-12H2,1-3H3,(H,23,25). The normalized spacial score (nSPS) is 14.5. The Bertz CT molecular complexity index is 861. The second-order valence-electron chi connectivity index (χ2n) is 7.80. The molecule has 1 N–H and O–H groups in total. The maximum Gasteiger partial charge on any atom is 0.410 e. The van der Waals surface area contributed by atoms with Gasteiger partial charge >= 0.3 is 6.09 Å². The third-order valence-electron chi connectivity index (χ3n) is 4.23. The first-order chi connectivity index (χ1) is 13.3. The van der Waals surface area contributed by atoms with Crippen LogP contribution in [0, 0.1) is 0 Å². The molecule has 6 nitrogen and oxygen atoms in total. The summed E-state index contributed by atoms with van der Waals surface area (Å²) in [5.41, 5.74) is 1.84. The van der Waals surface area contributed by atoms with Crippen LogP contribution < -0.4 is 4.74 Å². The molecule has 3 rings (SSSR count). The number of rotatable bonds is 3. The molecule has 0 atom stereocenters. The van der Waals surface area contributed by atoms with Crippen molar-refractivity contribution in [2.45, 2.75) is 39.2 Å². The van der Waals surface area contributed by atoms with E-state index < -0.39 is 5.60 Å². The van der Waals surface area contributed by atoms with Crippen molar-refractivity contribution in [3.8, 4) is 17.4 Å². The first-order valence-corrected chi connectivity index (χ1v) is 9.39. The third kappa shape index (κ3) is 5.74. The first kappa shape index (κ1) is 19.7. The maximum atomic E-state index is 12.2. The van der Waals surface area contributed by atoms with Gasteiger partial charge in [-0.05, 0) is 57.4 Å². The number of carbonyl (C=O) groups excluding carboxylic acids is 1. The number of likely N-dealkylation sites (tertiary alicyclic amines) is 1. The van der Waals surface area contributed by atoms with Gasteiger partial charge in [-0.15, -0.1) is 0 Å². The molecule has 1 aliphatic rings. The quantitative estimate of drug-likeness (QED) is 0.809. The molecule has 2 heterocycles. The number of ether oxygens (including phenoxy) is 2. The Morgan fingerprint density at radius 1 is 1.18 bits per heavy atom. The Kier molecular flexibility index (Phi) is 5.87. The molecule has 28 heavy (non-hydrogen) atoms. The Morgan fingerprint density at radius 2 is 1.93 bits per heavy atom. The molecule has 0 unspecified atom stereocenters. The van der Waals surface area contributed by atoms with Crippen LogP contribution in [0.3, 0.4) is 0 Å². The Balaban J connectivity index is 1.61. The zero-order valence-corrected chi connectivity index (χ0v) is 16.5. The van der Waals surface area contributed by atoms with Crippen LogP contribution in [-0.2, 0) is 4.74 Å². The molecule has 2 aromatic rings. The molecular weight excluding hydrogens is 356 g/mol. The molecule has 0 bridgehead atoms. The van der Waals surface area contributed by atoms with Gasteiger partial charge < -0.3 is 19.5 Å². The van der Waals surface area contributed by atoms with E-state index in [1.807, 2.05) is 45.0 Å². The maximum absolute atomic E-state index is 12.2. The number of aromatic nitrogens is 1. The van der Waals surface area contributed by atoms with Crippen LogP contribution in [0.15, 0.2) is 48.2 Å². The highest BCUT2D eigenvalue weighted by atomic mass is 16.6. The van der Waals surface area contributed by atoms with Gasteiger partial charge in [0.2, 0.25) is 5.88 Å². The lowest BCUT2D eigenvalue weighted by Crippen LogP contribution is -2.40. The second kappa shape index (κ2) is 8.33. The van der Waals surface area contributed by atoms with Crippen LogP contribution in [-0.4, -0.2) is 39.8 Å². The van der Waals surface area contributed by atoms with E-state index in [1.54, 1.807) is 4.90 Å². The number of pyridine rings is 1. The zero-order valence-electron chi connectivity index (χ0n) is 16.5. The topological polar surface area (TPSA) is 71.9 Å². The largest absolute Gasteiger partial charge is 0.508 e. The predicted molar refractivity (Wildman–Crippen MR) is 107 cm³/mol. The van der Waals surface area contributed by atoms with Gasteiger partial charge in [-0.25, -0.2) is 9.78 Å². The highest BCUT2D eigenvalue weighted by Crippen LogP contribution is 2.26. The van der Waals surface area contributed by atoms with Crippen molar-refractivity contribution in [2.24, 2.45) is 0 Å². The van der Waals surface area contributed by atoms with E-state index >= 15 is 0 Å². The molecule has 1 amide bonds. The first-order valence-electron chi connectivity index (χ1n) is 9.39. The van der Waals surface area contributed by atoms with Crippen LogP contribution in [0.5, 0.6) is 17.4 Å². The fourth-order valence-electron chi connectivity index (χ4n) is 2.93. The molecule has 1 saturated heterocycles. The summed E-state index contributed by atoms with van der Waals surface area (Å²) in [5.74, 6) is 1.11. The highest BCUT2D eigenvalue weighted by molar-refractivity contribution is 5.68. The summed E-state index contributed by atoms with van der Waals surface area (Å²) in [6.07, 6.45) is 5.02. The average molecular weight is 382 g/mol. The van der Waals surface area contributed by atoms with E-state index in [0.29, 0.717) is 24.7 Å². The van der Waals surface area contributed by atoms with Gasteiger partial charge in [0.05, 0.1) is 0 Å². The van der Waals surface area contributed by atoms with Crippen LogP contribution >= 0.6 is 0 Å². The minimum absolute atomic E-state index is 0.111. The second-order valence-corrected chi connectivity index (χ2v) is 7.80. The summed E-state index contributed by atoms with van der Waals surface area (Å²) in [6.45, 7) is 6.94. The summed E-state index contributed by atoms with van der Waals surface area (Å²) in [5, 5.41) is 9.52. The number of hydrogen-bond donors (Lipinski definition) is 1. The van der Waals surface area contributed by atoms with Crippen molar-refractivity contribution in [2.75, 3.05) is 13.1 Å². The number of benzene rings is 1. The Morgan fingerprint density at radius 3 is 2.61 bits per heavy atom. The van der Waals surface area contributed by atoms with E-state index in [2.05, 4.69) is 11.1 Å². The van der Waals surface area contributed by atoms with Crippen molar-refractivity contribution in [1.29, 1.82) is 0 Å². The summed E-state index contributed by atoms with van der Waals surface area (Å²) < 4.78 is 11.2. The molecule has 0 spiro atoms. The molecule has 0 aliphatic carbocycles.